The van der Waals surface area contributed by atoms with E-state index >= 15 is 0 Å². The Morgan fingerprint density at radius 2 is 0.946 bits per heavy atom. The molecule has 0 amide bonds. The van der Waals surface area contributed by atoms with Gasteiger partial charge in [0.05, 0.1) is 5.41 Å². The molecule has 2 fully saturated rings. The highest BCUT2D eigenvalue weighted by molar-refractivity contribution is 8.17. The van der Waals surface area contributed by atoms with Crippen LogP contribution in [0.4, 0.5) is 0 Å². The Balaban J connectivity index is 1.55. The summed E-state index contributed by atoms with van der Waals surface area (Å²) in [4.78, 5) is 28.3. The van der Waals surface area contributed by atoms with Crippen molar-refractivity contribution in [2.24, 2.45) is 0 Å². The molecule has 0 saturated carbocycles. The minimum Gasteiger partial charge on any atom is -0.289 e. The minimum atomic E-state index is -0.551. The van der Waals surface area contributed by atoms with Gasteiger partial charge in [0.1, 0.15) is 0 Å². The van der Waals surface area contributed by atoms with Gasteiger partial charge < -0.3 is 0 Å². The van der Waals surface area contributed by atoms with Crippen molar-refractivity contribution in [3.8, 4) is 11.1 Å². The summed E-state index contributed by atoms with van der Waals surface area (Å²) in [5.74, 6) is 4.83. The number of benzene rings is 2. The van der Waals surface area contributed by atoms with E-state index in [0.29, 0.717) is 0 Å². The fourth-order valence-electron chi connectivity index (χ4n) is 6.71. The van der Waals surface area contributed by atoms with Crippen LogP contribution in [0.3, 0.4) is 0 Å². The first-order valence-electron chi connectivity index (χ1n) is 13.4. The van der Waals surface area contributed by atoms with Crippen LogP contribution in [0.1, 0.15) is 36.8 Å². The Labute approximate surface area is 223 Å². The molecule has 2 aromatic rings. The van der Waals surface area contributed by atoms with Gasteiger partial charge in [0, 0.05) is 9.73 Å². The van der Waals surface area contributed by atoms with Crippen molar-refractivity contribution in [1.29, 1.82) is 0 Å². The van der Waals surface area contributed by atoms with Crippen LogP contribution in [-0.2, 0) is 15.0 Å². The molecule has 37 heavy (non-hydrogen) atoms. The van der Waals surface area contributed by atoms with Crippen LogP contribution in [0.2, 0.25) is 0 Å². The number of rotatable bonds is 2. The number of hydrogen-bond acceptors (Lipinski definition) is 2. The van der Waals surface area contributed by atoms with Gasteiger partial charge in [0.2, 0.25) is 0 Å². The monoisotopic (exact) mass is 522 g/mol. The molecule has 2 nitrogen and oxygen atoms in total. The molecule has 0 radical (unpaired) electrons. The number of carbonyl (C=O) groups excluding carboxylic acids is 2. The summed E-state index contributed by atoms with van der Waals surface area (Å²) in [6.07, 6.45) is 17.0. The summed E-state index contributed by atoms with van der Waals surface area (Å²) in [5, 5.41) is 0. The summed E-state index contributed by atoms with van der Waals surface area (Å²) in [7, 11) is 0.0520. The van der Waals surface area contributed by atoms with E-state index in [2.05, 4.69) is 72.8 Å². The summed E-state index contributed by atoms with van der Waals surface area (Å²) >= 11 is 0. The molecule has 0 unspecified atom stereocenters. The topological polar surface area (TPSA) is 34.1 Å². The smallest absolute Gasteiger partial charge is 0.191 e. The van der Waals surface area contributed by atoms with E-state index in [1.165, 1.54) is 47.9 Å². The maximum absolute atomic E-state index is 13.1. The number of hydrogen-bond donors (Lipinski definition) is 0. The normalized spacial score (nSPS) is 22.9. The lowest BCUT2D eigenvalue weighted by Crippen LogP contribution is -2.34. The third-order valence-electron chi connectivity index (χ3n) is 8.39. The number of carbonyl (C=O) groups is 2. The van der Waals surface area contributed by atoms with Crippen LogP contribution in [-0.4, -0.2) is 44.3 Å². The Kier molecular flexibility index (Phi) is 5.78. The van der Waals surface area contributed by atoms with Crippen LogP contribution in [0.5, 0.6) is 0 Å². The molecule has 186 valence electrons. The highest BCUT2D eigenvalue weighted by Crippen LogP contribution is 2.58. The second-order valence-corrected chi connectivity index (χ2v) is 14.9. The summed E-state index contributed by atoms with van der Waals surface area (Å²) in [5.41, 5.74) is 6.72. The van der Waals surface area contributed by atoms with Crippen molar-refractivity contribution in [3.05, 3.63) is 107 Å². The molecule has 2 aromatic carbocycles. The van der Waals surface area contributed by atoms with E-state index < -0.39 is 5.41 Å². The van der Waals surface area contributed by atoms with Gasteiger partial charge in [-0.15, -0.1) is 0 Å². The first-order chi connectivity index (χ1) is 18.2. The predicted molar refractivity (Wildman–Crippen MR) is 160 cm³/mol. The van der Waals surface area contributed by atoms with Crippen molar-refractivity contribution in [3.63, 3.8) is 0 Å². The number of ketones is 2. The SMILES string of the molecule is O=C1C=CC(C2(C3=CC(=S4CCCC4)C(=O)C=C3)c3ccccc3-c3ccccc32)=CC1=S1CCCC1. The van der Waals surface area contributed by atoms with Crippen molar-refractivity contribution in [2.45, 2.75) is 31.1 Å². The molecule has 0 bridgehead atoms. The van der Waals surface area contributed by atoms with Gasteiger partial charge in [-0.3, -0.25) is 9.59 Å². The summed E-state index contributed by atoms with van der Waals surface area (Å²) in [6.45, 7) is 0. The summed E-state index contributed by atoms with van der Waals surface area (Å²) in [6, 6.07) is 17.4. The molecule has 0 aromatic heterocycles. The van der Waals surface area contributed by atoms with Crippen molar-refractivity contribution >= 4 is 42.3 Å². The van der Waals surface area contributed by atoms with E-state index in [1.54, 1.807) is 0 Å². The minimum absolute atomic E-state index is 0.0260. The van der Waals surface area contributed by atoms with Crippen LogP contribution in [0.15, 0.2) is 96.1 Å². The van der Waals surface area contributed by atoms with Crippen LogP contribution >= 0.6 is 21.0 Å². The third kappa shape index (κ3) is 3.56. The van der Waals surface area contributed by atoms with Crippen molar-refractivity contribution < 1.29 is 9.59 Å². The van der Waals surface area contributed by atoms with Crippen molar-refractivity contribution in [2.75, 3.05) is 23.0 Å². The zero-order valence-electron chi connectivity index (χ0n) is 20.9. The summed E-state index contributed by atoms with van der Waals surface area (Å²) < 4.78 is 0. The molecular weight excluding hydrogens is 492 g/mol. The first-order valence-corrected chi connectivity index (χ1v) is 16.5. The molecule has 4 heteroatoms. The van der Waals surface area contributed by atoms with Crippen molar-refractivity contribution in [1.82, 2.24) is 0 Å². The lowest BCUT2D eigenvalue weighted by molar-refractivity contribution is -0.109. The van der Waals surface area contributed by atoms with Gasteiger partial charge in [-0.25, -0.2) is 0 Å². The standard InChI is InChI=1S/C33H30O2S2/c34-29-15-13-23(21-31(29)36-17-5-6-18-36)33(24-14-16-30(35)32(22-24)37-19-7-8-20-37)27-11-3-1-9-25(27)26-10-2-4-12-28(26)33/h1-4,9-16,21-22H,5-8,17-20H2. The maximum Gasteiger partial charge on any atom is 0.191 e. The largest absolute Gasteiger partial charge is 0.289 e. The van der Waals surface area contributed by atoms with Gasteiger partial charge in [-0.1, -0.05) is 60.7 Å². The number of allylic oxidation sites excluding steroid dienone is 8. The molecule has 0 atom stereocenters. The third-order valence-corrected chi connectivity index (χ3v) is 13.4. The molecule has 2 heterocycles. The van der Waals surface area contributed by atoms with E-state index in [1.807, 2.05) is 12.2 Å². The lowest BCUT2D eigenvalue weighted by Gasteiger charge is -2.37. The number of fused-ring (bicyclic) bond motifs is 3. The first kappa shape index (κ1) is 23.3. The lowest BCUT2D eigenvalue weighted by atomic mass is 9.64. The quantitative estimate of drug-likeness (QED) is 0.419. The van der Waals surface area contributed by atoms with Gasteiger partial charge in [-0.05, 0) is 106 Å². The van der Waals surface area contributed by atoms with Gasteiger partial charge in [0.15, 0.2) is 11.6 Å². The zero-order valence-corrected chi connectivity index (χ0v) is 22.5. The zero-order chi connectivity index (χ0) is 25.0. The van der Waals surface area contributed by atoms with Gasteiger partial charge in [-0.2, -0.15) is 21.0 Å². The van der Waals surface area contributed by atoms with Gasteiger partial charge >= 0.3 is 0 Å². The second-order valence-electron chi connectivity index (χ2n) is 10.4. The Morgan fingerprint density at radius 1 is 0.541 bits per heavy atom. The van der Waals surface area contributed by atoms with E-state index in [-0.39, 0.29) is 32.5 Å². The Morgan fingerprint density at radius 3 is 1.38 bits per heavy atom. The molecule has 2 saturated heterocycles. The van der Waals surface area contributed by atoms with E-state index in [9.17, 15) is 9.59 Å². The highest BCUT2D eigenvalue weighted by Gasteiger charge is 2.48. The Hall–Kier alpha value is -2.82. The second kappa shape index (κ2) is 9.18. The fraction of sp³-hybridized carbons (Fsp3) is 0.273. The van der Waals surface area contributed by atoms with Gasteiger partial charge in [0.25, 0.3) is 0 Å². The molecular formula is C33H30O2S2. The molecule has 7 rings (SSSR count). The average Bonchev–Trinajstić information content (AvgIpc) is 3.70. The molecule has 3 aliphatic carbocycles. The Bertz CT molecular complexity index is 1430. The molecule has 0 spiro atoms. The molecule has 0 N–H and O–H groups in total. The molecule has 5 aliphatic rings. The van der Waals surface area contributed by atoms with Crippen LogP contribution < -0.4 is 0 Å². The van der Waals surface area contributed by atoms with Crippen LogP contribution in [0, 0.1) is 0 Å². The van der Waals surface area contributed by atoms with E-state index in [0.717, 1.165) is 43.9 Å². The van der Waals surface area contributed by atoms with Crippen LogP contribution in [0.25, 0.3) is 11.1 Å². The maximum atomic E-state index is 13.1. The fourth-order valence-corrected chi connectivity index (χ4v) is 11.5. The average molecular weight is 523 g/mol. The predicted octanol–water partition coefficient (Wildman–Crippen LogP) is 6.55. The molecule has 2 aliphatic heterocycles. The highest BCUT2D eigenvalue weighted by atomic mass is 32.2. The van der Waals surface area contributed by atoms with E-state index in [4.69, 9.17) is 0 Å².